The van der Waals surface area contributed by atoms with E-state index in [0.29, 0.717) is 32.2 Å². The molecule has 148 valence electrons. The van der Waals surface area contributed by atoms with Gasteiger partial charge in [0.25, 0.3) is 0 Å². The normalized spacial score (nSPS) is 20.6. The van der Waals surface area contributed by atoms with Crippen molar-refractivity contribution in [1.29, 1.82) is 0 Å². The summed E-state index contributed by atoms with van der Waals surface area (Å²) in [6.45, 7) is 5.81. The molecule has 1 aromatic carbocycles. The molecule has 0 aromatic heterocycles. The van der Waals surface area contributed by atoms with E-state index in [1.54, 1.807) is 4.90 Å². The summed E-state index contributed by atoms with van der Waals surface area (Å²) < 4.78 is 5.45. The summed E-state index contributed by atoms with van der Waals surface area (Å²) in [6, 6.07) is 7.70. The average Bonchev–Trinajstić information content (AvgIpc) is 3.04. The molecule has 27 heavy (non-hydrogen) atoms. The molecule has 1 N–H and O–H groups in total. The number of hydrogen-bond acceptors (Lipinski definition) is 3. The van der Waals surface area contributed by atoms with Crippen molar-refractivity contribution in [2.24, 2.45) is 0 Å². The molecule has 1 saturated carbocycles. The van der Waals surface area contributed by atoms with Crippen LogP contribution in [0.4, 0.5) is 10.5 Å². The molecule has 1 saturated heterocycles. The zero-order valence-electron chi connectivity index (χ0n) is 16.4. The summed E-state index contributed by atoms with van der Waals surface area (Å²) in [5, 5.41) is 3.09. The van der Waals surface area contributed by atoms with Crippen LogP contribution in [-0.4, -0.2) is 48.6 Å². The van der Waals surface area contributed by atoms with Crippen LogP contribution in [0, 0.1) is 0 Å². The van der Waals surface area contributed by atoms with Crippen LogP contribution < -0.4 is 15.0 Å². The smallest absolute Gasteiger partial charge is 0.317 e. The number of carbonyl (C=O) groups excluding carboxylic acids is 2. The first kappa shape index (κ1) is 19.5. The number of hydrogen-bond donors (Lipinski definition) is 1. The van der Waals surface area contributed by atoms with Crippen LogP contribution in [0.25, 0.3) is 0 Å². The number of anilines is 1. The molecule has 6 nitrogen and oxygen atoms in total. The molecule has 0 radical (unpaired) electrons. The monoisotopic (exact) mass is 373 g/mol. The quantitative estimate of drug-likeness (QED) is 0.829. The second kappa shape index (κ2) is 9.11. The van der Waals surface area contributed by atoms with Gasteiger partial charge in [-0.25, -0.2) is 4.79 Å². The van der Waals surface area contributed by atoms with Crippen LogP contribution in [-0.2, 0) is 4.79 Å². The fourth-order valence-electron chi connectivity index (χ4n) is 4.16. The number of nitrogens with zero attached hydrogens (tertiary/aromatic N) is 2. The Morgan fingerprint density at radius 2 is 1.89 bits per heavy atom. The topological polar surface area (TPSA) is 61.9 Å². The van der Waals surface area contributed by atoms with Gasteiger partial charge in [0.05, 0.1) is 12.6 Å². The van der Waals surface area contributed by atoms with E-state index in [2.05, 4.69) is 5.32 Å². The third-order valence-corrected chi connectivity index (χ3v) is 5.53. The largest absolute Gasteiger partial charge is 0.494 e. The highest BCUT2D eigenvalue weighted by atomic mass is 16.5. The molecular formula is C21H31N3O3. The van der Waals surface area contributed by atoms with Gasteiger partial charge >= 0.3 is 6.03 Å². The van der Waals surface area contributed by atoms with E-state index in [4.69, 9.17) is 4.74 Å². The van der Waals surface area contributed by atoms with E-state index in [1.165, 1.54) is 19.3 Å². The van der Waals surface area contributed by atoms with Gasteiger partial charge in [0, 0.05) is 31.2 Å². The first-order valence-corrected chi connectivity index (χ1v) is 10.2. The van der Waals surface area contributed by atoms with Crippen molar-refractivity contribution < 1.29 is 14.3 Å². The van der Waals surface area contributed by atoms with E-state index in [-0.39, 0.29) is 18.0 Å². The zero-order chi connectivity index (χ0) is 19.2. The summed E-state index contributed by atoms with van der Waals surface area (Å²) in [5.74, 6) is 0.842. The second-order valence-corrected chi connectivity index (χ2v) is 7.36. The van der Waals surface area contributed by atoms with Gasteiger partial charge in [-0.3, -0.25) is 4.79 Å². The Kier molecular flexibility index (Phi) is 6.58. The summed E-state index contributed by atoms with van der Waals surface area (Å²) in [7, 11) is 0. The van der Waals surface area contributed by atoms with Gasteiger partial charge in [0.1, 0.15) is 5.75 Å². The van der Waals surface area contributed by atoms with Gasteiger partial charge in [-0.1, -0.05) is 19.3 Å². The molecule has 1 aromatic rings. The van der Waals surface area contributed by atoms with E-state index in [9.17, 15) is 9.59 Å². The van der Waals surface area contributed by atoms with Gasteiger partial charge in [0.2, 0.25) is 5.91 Å². The maximum absolute atomic E-state index is 12.8. The first-order chi connectivity index (χ1) is 13.1. The van der Waals surface area contributed by atoms with Gasteiger partial charge in [0.15, 0.2) is 0 Å². The lowest BCUT2D eigenvalue weighted by molar-refractivity contribution is -0.117. The van der Waals surface area contributed by atoms with Crippen molar-refractivity contribution >= 4 is 17.6 Å². The Balaban J connectivity index is 1.58. The highest BCUT2D eigenvalue weighted by Gasteiger charge is 2.33. The lowest BCUT2D eigenvalue weighted by Gasteiger charge is -2.34. The van der Waals surface area contributed by atoms with Gasteiger partial charge in [-0.15, -0.1) is 0 Å². The molecule has 1 aliphatic carbocycles. The Morgan fingerprint density at radius 1 is 1.19 bits per heavy atom. The van der Waals surface area contributed by atoms with Crippen LogP contribution in [0.3, 0.4) is 0 Å². The second-order valence-electron chi connectivity index (χ2n) is 7.36. The summed E-state index contributed by atoms with van der Waals surface area (Å²) in [5.41, 5.74) is 0.847. The highest BCUT2D eigenvalue weighted by Crippen LogP contribution is 2.25. The Bertz CT molecular complexity index is 641. The van der Waals surface area contributed by atoms with Crippen molar-refractivity contribution in [3.05, 3.63) is 24.3 Å². The molecule has 3 rings (SSSR count). The SMILES string of the molecule is CCOc1ccc(N2C[C@@H](NC(=O)N(CC)C3CCCCC3)CC2=O)cc1. The van der Waals surface area contributed by atoms with Crippen LogP contribution in [0.2, 0.25) is 0 Å². The predicted octanol–water partition coefficient (Wildman–Crippen LogP) is 3.55. The fraction of sp³-hybridized carbons (Fsp3) is 0.619. The zero-order valence-corrected chi connectivity index (χ0v) is 16.4. The standard InChI is InChI=1S/C21H31N3O3/c1-3-23(17-8-6-5-7-9-17)21(26)22-16-14-20(25)24(15-16)18-10-12-19(13-11-18)27-4-2/h10-13,16-17H,3-9,14-15H2,1-2H3,(H,22,26)/t16-/m0/s1. The maximum Gasteiger partial charge on any atom is 0.317 e. The minimum Gasteiger partial charge on any atom is -0.494 e. The first-order valence-electron chi connectivity index (χ1n) is 10.2. The molecule has 1 atom stereocenters. The number of nitrogens with one attached hydrogen (secondary N) is 1. The number of ether oxygens (including phenoxy) is 1. The molecule has 0 unspecified atom stereocenters. The lowest BCUT2D eigenvalue weighted by Crippen LogP contribution is -2.50. The summed E-state index contributed by atoms with van der Waals surface area (Å²) in [4.78, 5) is 28.9. The van der Waals surface area contributed by atoms with Crippen LogP contribution in [0.1, 0.15) is 52.4 Å². The fourth-order valence-corrected chi connectivity index (χ4v) is 4.16. The van der Waals surface area contributed by atoms with Gasteiger partial charge in [-0.05, 0) is 51.0 Å². The Morgan fingerprint density at radius 3 is 2.52 bits per heavy atom. The molecule has 6 heteroatoms. The number of carbonyl (C=O) groups is 2. The van der Waals surface area contributed by atoms with Gasteiger partial charge in [-0.2, -0.15) is 0 Å². The maximum atomic E-state index is 12.8. The number of benzene rings is 1. The number of rotatable bonds is 6. The van der Waals surface area contributed by atoms with Crippen molar-refractivity contribution in [2.75, 3.05) is 24.6 Å². The summed E-state index contributed by atoms with van der Waals surface area (Å²) >= 11 is 0. The van der Waals surface area contributed by atoms with Gasteiger partial charge < -0.3 is 19.9 Å². The molecule has 2 aliphatic rings. The molecular weight excluding hydrogens is 342 g/mol. The van der Waals surface area contributed by atoms with Crippen LogP contribution >= 0.6 is 0 Å². The van der Waals surface area contributed by atoms with Crippen LogP contribution in [0.15, 0.2) is 24.3 Å². The molecule has 0 bridgehead atoms. The number of amides is 3. The van der Waals surface area contributed by atoms with Crippen molar-refractivity contribution in [1.82, 2.24) is 10.2 Å². The van der Waals surface area contributed by atoms with E-state index < -0.39 is 0 Å². The molecule has 2 fully saturated rings. The van der Waals surface area contributed by atoms with E-state index >= 15 is 0 Å². The van der Waals surface area contributed by atoms with Crippen molar-refractivity contribution in [3.63, 3.8) is 0 Å². The lowest BCUT2D eigenvalue weighted by atomic mass is 9.94. The van der Waals surface area contributed by atoms with Crippen molar-refractivity contribution in [2.45, 2.75) is 64.5 Å². The minimum atomic E-state index is -0.144. The van der Waals surface area contributed by atoms with E-state index in [0.717, 1.165) is 24.3 Å². The predicted molar refractivity (Wildman–Crippen MR) is 106 cm³/mol. The molecule has 0 spiro atoms. The average molecular weight is 373 g/mol. The molecule has 3 amide bonds. The third kappa shape index (κ3) is 4.73. The number of urea groups is 1. The van der Waals surface area contributed by atoms with Crippen LogP contribution in [0.5, 0.6) is 5.75 Å². The molecule has 1 aliphatic heterocycles. The van der Waals surface area contributed by atoms with E-state index in [1.807, 2.05) is 43.0 Å². The Labute approximate surface area is 161 Å². The molecule has 1 heterocycles. The summed E-state index contributed by atoms with van der Waals surface area (Å²) in [6.07, 6.45) is 6.18. The third-order valence-electron chi connectivity index (χ3n) is 5.53. The highest BCUT2D eigenvalue weighted by molar-refractivity contribution is 5.96. The Hall–Kier alpha value is -2.24. The minimum absolute atomic E-state index is 0.0317. The van der Waals surface area contributed by atoms with Crippen molar-refractivity contribution in [3.8, 4) is 5.75 Å².